The molecule has 0 spiro atoms. The van der Waals surface area contributed by atoms with Gasteiger partial charge in [-0.05, 0) is 36.2 Å². The van der Waals surface area contributed by atoms with E-state index in [2.05, 4.69) is 10.4 Å². The zero-order valence-corrected chi connectivity index (χ0v) is 15.2. The minimum absolute atomic E-state index is 0.174. The van der Waals surface area contributed by atoms with Gasteiger partial charge in [0.15, 0.2) is 11.4 Å². The van der Waals surface area contributed by atoms with Crippen LogP contribution in [0.4, 0.5) is 18.0 Å². The molecule has 1 heterocycles. The first kappa shape index (κ1) is 19.8. The van der Waals surface area contributed by atoms with Crippen LogP contribution in [0.2, 0.25) is 5.02 Å². The second-order valence-electron chi connectivity index (χ2n) is 5.80. The van der Waals surface area contributed by atoms with Gasteiger partial charge in [0.2, 0.25) is 0 Å². The van der Waals surface area contributed by atoms with Crippen molar-refractivity contribution in [3.8, 4) is 11.4 Å². The van der Waals surface area contributed by atoms with Gasteiger partial charge in [-0.3, -0.25) is 0 Å². The molecule has 0 radical (unpaired) electrons. The van der Waals surface area contributed by atoms with E-state index >= 15 is 0 Å². The molecule has 0 unspecified atom stereocenters. The van der Waals surface area contributed by atoms with Crippen molar-refractivity contribution in [2.24, 2.45) is 0 Å². The van der Waals surface area contributed by atoms with Crippen molar-refractivity contribution in [3.05, 3.63) is 77.1 Å². The molecule has 1 amide bonds. The van der Waals surface area contributed by atoms with Crippen LogP contribution in [-0.2, 0) is 12.6 Å². The molecule has 0 aliphatic carbocycles. The molecule has 0 aliphatic heterocycles. The molecule has 0 atom stereocenters. The molecular formula is C19H15ClF3N3O2. The van der Waals surface area contributed by atoms with Crippen molar-refractivity contribution in [2.75, 3.05) is 6.54 Å². The van der Waals surface area contributed by atoms with Gasteiger partial charge in [-0.15, -0.1) is 0 Å². The summed E-state index contributed by atoms with van der Waals surface area (Å²) in [5, 5.41) is 6.70. The average molecular weight is 410 g/mol. The first-order chi connectivity index (χ1) is 13.3. The van der Waals surface area contributed by atoms with Crippen molar-refractivity contribution < 1.29 is 22.7 Å². The fraction of sp³-hybridized carbons (Fsp3) is 0.158. The fourth-order valence-corrected chi connectivity index (χ4v) is 2.78. The predicted octanol–water partition coefficient (Wildman–Crippen LogP) is 4.88. The van der Waals surface area contributed by atoms with E-state index < -0.39 is 23.7 Å². The molecular weight excluding hydrogens is 395 g/mol. The number of aromatic nitrogens is 2. The lowest BCUT2D eigenvalue weighted by Crippen LogP contribution is -2.29. The highest BCUT2D eigenvalue weighted by Crippen LogP contribution is 2.37. The van der Waals surface area contributed by atoms with E-state index in [1.807, 2.05) is 6.07 Å². The van der Waals surface area contributed by atoms with Gasteiger partial charge in [-0.25, -0.2) is 9.48 Å². The number of benzene rings is 2. The third-order valence-corrected chi connectivity index (χ3v) is 4.01. The summed E-state index contributed by atoms with van der Waals surface area (Å²) in [4.78, 5) is 11.9. The first-order valence-corrected chi connectivity index (χ1v) is 8.63. The monoisotopic (exact) mass is 409 g/mol. The second kappa shape index (κ2) is 8.35. The number of carbonyl (C=O) groups excluding carboxylic acids is 1. The normalized spacial score (nSPS) is 11.3. The summed E-state index contributed by atoms with van der Waals surface area (Å²) in [5.74, 6) is -0.670. The summed E-state index contributed by atoms with van der Waals surface area (Å²) in [7, 11) is 0. The lowest BCUT2D eigenvalue weighted by molar-refractivity contribution is -0.143. The average Bonchev–Trinajstić information content (AvgIpc) is 3.06. The van der Waals surface area contributed by atoms with Crippen LogP contribution in [0.5, 0.6) is 5.75 Å². The largest absolute Gasteiger partial charge is 0.437 e. The van der Waals surface area contributed by atoms with E-state index in [0.717, 1.165) is 11.8 Å². The molecule has 146 valence electrons. The summed E-state index contributed by atoms with van der Waals surface area (Å²) in [6, 6.07) is 14.8. The molecule has 1 aromatic heterocycles. The molecule has 3 rings (SSSR count). The van der Waals surface area contributed by atoms with Gasteiger partial charge in [-0.2, -0.15) is 18.3 Å². The molecule has 1 N–H and O–H groups in total. The SMILES string of the molecule is O=C(NCCc1cccc(Cl)c1)Oc1cnn(-c2ccccc2)c1C(F)(F)F. The Morgan fingerprint density at radius 1 is 1.14 bits per heavy atom. The van der Waals surface area contributed by atoms with Gasteiger partial charge < -0.3 is 10.1 Å². The minimum Gasteiger partial charge on any atom is -0.406 e. The summed E-state index contributed by atoms with van der Waals surface area (Å²) in [5.41, 5.74) is -0.0876. The van der Waals surface area contributed by atoms with E-state index in [1.54, 1.807) is 36.4 Å². The quantitative estimate of drug-likeness (QED) is 0.653. The maximum atomic E-state index is 13.5. The Morgan fingerprint density at radius 3 is 2.57 bits per heavy atom. The first-order valence-electron chi connectivity index (χ1n) is 8.25. The topological polar surface area (TPSA) is 56.1 Å². The number of hydrogen-bond acceptors (Lipinski definition) is 3. The Morgan fingerprint density at radius 2 is 1.89 bits per heavy atom. The fourth-order valence-electron chi connectivity index (χ4n) is 2.57. The van der Waals surface area contributed by atoms with E-state index in [9.17, 15) is 18.0 Å². The van der Waals surface area contributed by atoms with Crippen LogP contribution < -0.4 is 10.1 Å². The van der Waals surface area contributed by atoms with Gasteiger partial charge in [0, 0.05) is 11.6 Å². The number of amides is 1. The number of halogens is 4. The Balaban J connectivity index is 1.69. The number of nitrogens with zero attached hydrogens (tertiary/aromatic N) is 2. The molecule has 0 fully saturated rings. The van der Waals surface area contributed by atoms with Crippen LogP contribution in [0.25, 0.3) is 5.69 Å². The highest BCUT2D eigenvalue weighted by Gasteiger charge is 2.40. The number of ether oxygens (including phenoxy) is 1. The molecule has 3 aromatic rings. The summed E-state index contributed by atoms with van der Waals surface area (Å²) in [6.45, 7) is 0.174. The Hall–Kier alpha value is -3.00. The van der Waals surface area contributed by atoms with Crippen molar-refractivity contribution in [1.29, 1.82) is 0 Å². The van der Waals surface area contributed by atoms with Gasteiger partial charge in [0.1, 0.15) is 0 Å². The Labute approximate surface area is 163 Å². The number of rotatable bonds is 5. The maximum Gasteiger partial charge on any atom is 0.437 e. The van der Waals surface area contributed by atoms with Crippen LogP contribution in [-0.4, -0.2) is 22.4 Å². The van der Waals surface area contributed by atoms with Crippen molar-refractivity contribution >= 4 is 17.7 Å². The third-order valence-electron chi connectivity index (χ3n) is 3.78. The van der Waals surface area contributed by atoms with Crippen molar-refractivity contribution in [1.82, 2.24) is 15.1 Å². The minimum atomic E-state index is -4.76. The summed E-state index contributed by atoms with van der Waals surface area (Å²) < 4.78 is 46.1. The predicted molar refractivity (Wildman–Crippen MR) is 97.7 cm³/mol. The second-order valence-corrected chi connectivity index (χ2v) is 6.24. The Kier molecular flexibility index (Phi) is 5.89. The number of nitrogens with one attached hydrogen (secondary N) is 1. The zero-order chi connectivity index (χ0) is 20.1. The molecule has 28 heavy (non-hydrogen) atoms. The molecule has 2 aromatic carbocycles. The number of para-hydroxylation sites is 1. The van der Waals surface area contributed by atoms with Gasteiger partial charge in [-0.1, -0.05) is 41.9 Å². The number of hydrogen-bond donors (Lipinski definition) is 1. The Bertz CT molecular complexity index is 959. The molecule has 0 aliphatic rings. The lowest BCUT2D eigenvalue weighted by Gasteiger charge is -2.12. The number of carbonyl (C=O) groups is 1. The zero-order valence-electron chi connectivity index (χ0n) is 14.4. The van der Waals surface area contributed by atoms with E-state index in [4.69, 9.17) is 16.3 Å². The van der Waals surface area contributed by atoms with Gasteiger partial charge in [0.05, 0.1) is 11.9 Å². The highest BCUT2D eigenvalue weighted by molar-refractivity contribution is 6.30. The molecule has 0 saturated heterocycles. The molecule has 0 bridgehead atoms. The summed E-state index contributed by atoms with van der Waals surface area (Å²) >= 11 is 5.88. The standard InChI is InChI=1S/C19H15ClF3N3O2/c20-14-6-4-5-13(11-14)9-10-24-18(27)28-16-12-25-26(17(16)19(21,22)23)15-7-2-1-3-8-15/h1-8,11-12H,9-10H2,(H,24,27). The van der Waals surface area contributed by atoms with Crippen LogP contribution in [0.1, 0.15) is 11.3 Å². The molecule has 5 nitrogen and oxygen atoms in total. The van der Waals surface area contributed by atoms with Gasteiger partial charge in [0.25, 0.3) is 0 Å². The molecule has 9 heteroatoms. The van der Waals surface area contributed by atoms with Crippen molar-refractivity contribution in [3.63, 3.8) is 0 Å². The third kappa shape index (κ3) is 4.83. The van der Waals surface area contributed by atoms with Crippen LogP contribution in [0.15, 0.2) is 60.8 Å². The van der Waals surface area contributed by atoms with E-state index in [-0.39, 0.29) is 12.2 Å². The highest BCUT2D eigenvalue weighted by atomic mass is 35.5. The lowest BCUT2D eigenvalue weighted by atomic mass is 10.1. The van der Waals surface area contributed by atoms with Crippen LogP contribution in [0.3, 0.4) is 0 Å². The smallest absolute Gasteiger partial charge is 0.406 e. The van der Waals surface area contributed by atoms with E-state index in [0.29, 0.717) is 16.1 Å². The van der Waals surface area contributed by atoms with E-state index in [1.165, 1.54) is 12.1 Å². The van der Waals surface area contributed by atoms with Crippen LogP contribution in [0, 0.1) is 0 Å². The van der Waals surface area contributed by atoms with Crippen molar-refractivity contribution in [2.45, 2.75) is 12.6 Å². The molecule has 0 saturated carbocycles. The van der Waals surface area contributed by atoms with Crippen LogP contribution >= 0.6 is 11.6 Å². The number of alkyl halides is 3. The summed E-state index contributed by atoms with van der Waals surface area (Å²) in [6.07, 6.45) is -4.44. The van der Waals surface area contributed by atoms with Gasteiger partial charge >= 0.3 is 12.3 Å². The maximum absolute atomic E-state index is 13.5.